The fourth-order valence-corrected chi connectivity index (χ4v) is 4.23. The van der Waals surface area contributed by atoms with Crippen molar-refractivity contribution in [2.45, 2.75) is 18.9 Å². The molecular formula is C28H22ClN5O4. The van der Waals surface area contributed by atoms with Gasteiger partial charge in [0.15, 0.2) is 5.78 Å². The maximum atomic E-state index is 13.6. The second kappa shape index (κ2) is 11.5. The molecule has 4 rings (SSSR count). The average molecular weight is 528 g/mol. The minimum Gasteiger partial charge on any atom is -0.495 e. The number of benzene rings is 1. The number of hydrogen-bond acceptors (Lipinski definition) is 7. The van der Waals surface area contributed by atoms with Gasteiger partial charge in [0.1, 0.15) is 17.5 Å². The number of pyridine rings is 3. The van der Waals surface area contributed by atoms with Crippen molar-refractivity contribution in [3.05, 3.63) is 111 Å². The Labute approximate surface area is 223 Å². The summed E-state index contributed by atoms with van der Waals surface area (Å²) in [6.07, 6.45) is 4.57. The average Bonchev–Trinajstić information content (AvgIpc) is 2.92. The number of nitrogens with two attached hydrogens (primary N) is 1. The maximum Gasteiger partial charge on any atom is 0.267 e. The third-order valence-electron chi connectivity index (χ3n) is 5.95. The van der Waals surface area contributed by atoms with Crippen LogP contribution in [0.5, 0.6) is 5.75 Å². The fourth-order valence-electron chi connectivity index (χ4n) is 4.06. The molecule has 0 aliphatic rings. The number of carbonyl (C=O) groups excluding carboxylic acids is 2. The SMILES string of the molecule is COc1cn(C(Cc2ccccn2)C(=O)Cc2ccc(C(N)=O)nc2)c(=O)cc1-c1cc(Cl)ccc1C#N. The summed E-state index contributed by atoms with van der Waals surface area (Å²) in [5, 5.41) is 9.96. The number of Topliss-reactive ketones (excluding diaryl/α,β-unsaturated/α-hetero) is 1. The summed E-state index contributed by atoms with van der Waals surface area (Å²) in [6.45, 7) is 0. The Morgan fingerprint density at radius 1 is 1.13 bits per heavy atom. The van der Waals surface area contributed by atoms with Gasteiger partial charge >= 0.3 is 0 Å². The minimum absolute atomic E-state index is 0.0487. The third-order valence-corrected chi connectivity index (χ3v) is 6.18. The van der Waals surface area contributed by atoms with E-state index in [1.54, 1.807) is 48.7 Å². The third kappa shape index (κ3) is 5.77. The molecule has 0 aliphatic carbocycles. The summed E-state index contributed by atoms with van der Waals surface area (Å²) in [5.41, 5.74) is 7.17. The molecule has 3 heterocycles. The molecule has 0 saturated heterocycles. The van der Waals surface area contributed by atoms with E-state index in [-0.39, 0.29) is 30.1 Å². The van der Waals surface area contributed by atoms with Crippen molar-refractivity contribution in [2.75, 3.05) is 7.11 Å². The highest BCUT2D eigenvalue weighted by atomic mass is 35.5. The topological polar surface area (TPSA) is 141 Å². The van der Waals surface area contributed by atoms with E-state index in [9.17, 15) is 19.6 Å². The van der Waals surface area contributed by atoms with Crippen LogP contribution in [0.1, 0.15) is 33.4 Å². The van der Waals surface area contributed by atoms with Crippen molar-refractivity contribution in [1.29, 1.82) is 5.26 Å². The molecule has 0 aliphatic heterocycles. The number of aromatic nitrogens is 3. The van der Waals surface area contributed by atoms with Crippen molar-refractivity contribution in [2.24, 2.45) is 5.73 Å². The Balaban J connectivity index is 1.78. The van der Waals surface area contributed by atoms with Gasteiger partial charge in [0.2, 0.25) is 0 Å². The maximum absolute atomic E-state index is 13.6. The van der Waals surface area contributed by atoms with Crippen LogP contribution < -0.4 is 16.0 Å². The van der Waals surface area contributed by atoms with E-state index in [0.29, 0.717) is 33.0 Å². The van der Waals surface area contributed by atoms with Gasteiger partial charge in [-0.25, -0.2) is 0 Å². The van der Waals surface area contributed by atoms with Gasteiger partial charge in [-0.2, -0.15) is 5.26 Å². The number of rotatable bonds is 9. The standard InChI is InChI=1S/C28H22ClN5O4/c1-38-26-16-34(27(36)13-22(26)21-11-19(29)7-6-18(21)14-30)24(12-20-4-2-3-9-32-20)25(35)10-17-5-8-23(28(31)37)33-15-17/h2-9,11,13,15-16,24H,10,12H2,1H3,(H2,31,37). The highest BCUT2D eigenvalue weighted by Crippen LogP contribution is 2.33. The first-order valence-electron chi connectivity index (χ1n) is 11.5. The second-order valence-electron chi connectivity index (χ2n) is 8.40. The lowest BCUT2D eigenvalue weighted by Crippen LogP contribution is -2.32. The van der Waals surface area contributed by atoms with Gasteiger partial charge in [0.05, 0.1) is 24.9 Å². The molecule has 0 bridgehead atoms. The highest BCUT2D eigenvalue weighted by molar-refractivity contribution is 6.31. The lowest BCUT2D eigenvalue weighted by atomic mass is 9.98. The number of primary amides is 1. The Morgan fingerprint density at radius 3 is 2.58 bits per heavy atom. The zero-order valence-corrected chi connectivity index (χ0v) is 21.1. The predicted octanol–water partition coefficient (Wildman–Crippen LogP) is 3.53. The number of ketones is 1. The van der Waals surface area contributed by atoms with Crippen molar-refractivity contribution >= 4 is 23.3 Å². The summed E-state index contributed by atoms with van der Waals surface area (Å²) in [7, 11) is 1.44. The number of methoxy groups -OCH3 is 1. The predicted molar refractivity (Wildman–Crippen MR) is 141 cm³/mol. The van der Waals surface area contributed by atoms with Crippen LogP contribution in [0.25, 0.3) is 11.1 Å². The first kappa shape index (κ1) is 26.3. The monoisotopic (exact) mass is 527 g/mol. The molecule has 1 unspecified atom stereocenters. The fraction of sp³-hybridized carbons (Fsp3) is 0.143. The van der Waals surface area contributed by atoms with Crippen LogP contribution in [-0.4, -0.2) is 33.3 Å². The molecule has 10 heteroatoms. The molecule has 1 aromatic carbocycles. The van der Waals surface area contributed by atoms with Gasteiger partial charge in [0, 0.05) is 53.1 Å². The molecule has 0 radical (unpaired) electrons. The van der Waals surface area contributed by atoms with Gasteiger partial charge < -0.3 is 15.0 Å². The zero-order chi connectivity index (χ0) is 27.2. The van der Waals surface area contributed by atoms with Crippen molar-refractivity contribution in [1.82, 2.24) is 14.5 Å². The normalized spacial score (nSPS) is 11.4. The van der Waals surface area contributed by atoms with E-state index in [2.05, 4.69) is 16.0 Å². The van der Waals surface area contributed by atoms with Crippen LogP contribution in [0.15, 0.2) is 78.0 Å². The summed E-state index contributed by atoms with van der Waals surface area (Å²) < 4.78 is 6.88. The van der Waals surface area contributed by atoms with Gasteiger partial charge in [0.25, 0.3) is 11.5 Å². The lowest BCUT2D eigenvalue weighted by molar-refractivity contribution is -0.121. The molecule has 190 valence electrons. The summed E-state index contributed by atoms with van der Waals surface area (Å²) in [4.78, 5) is 46.7. The zero-order valence-electron chi connectivity index (χ0n) is 20.3. The quantitative estimate of drug-likeness (QED) is 0.351. The number of nitrogens with zero attached hydrogens (tertiary/aromatic N) is 4. The molecule has 2 N–H and O–H groups in total. The summed E-state index contributed by atoms with van der Waals surface area (Å²) in [5.74, 6) is -0.662. The molecule has 1 atom stereocenters. The number of amides is 1. The van der Waals surface area contributed by atoms with Crippen molar-refractivity contribution in [3.8, 4) is 22.9 Å². The van der Waals surface area contributed by atoms with Gasteiger partial charge in [-0.3, -0.25) is 24.4 Å². The highest BCUT2D eigenvalue weighted by Gasteiger charge is 2.25. The number of nitriles is 1. The van der Waals surface area contributed by atoms with Gasteiger partial charge in [-0.15, -0.1) is 0 Å². The van der Waals surface area contributed by atoms with E-state index in [4.69, 9.17) is 22.1 Å². The number of ether oxygens (including phenoxy) is 1. The number of hydrogen-bond donors (Lipinski definition) is 1. The molecule has 38 heavy (non-hydrogen) atoms. The van der Waals surface area contributed by atoms with Crippen molar-refractivity contribution in [3.63, 3.8) is 0 Å². The molecule has 0 saturated carbocycles. The van der Waals surface area contributed by atoms with Gasteiger partial charge in [-0.05, 0) is 42.0 Å². The lowest BCUT2D eigenvalue weighted by Gasteiger charge is -2.21. The van der Waals surface area contributed by atoms with E-state index in [1.807, 2.05) is 0 Å². The molecule has 9 nitrogen and oxygen atoms in total. The molecule has 3 aromatic heterocycles. The summed E-state index contributed by atoms with van der Waals surface area (Å²) >= 11 is 6.16. The molecule has 0 fully saturated rings. The Hall–Kier alpha value is -4.81. The Morgan fingerprint density at radius 2 is 1.95 bits per heavy atom. The largest absolute Gasteiger partial charge is 0.495 e. The van der Waals surface area contributed by atoms with E-state index in [0.717, 1.165) is 0 Å². The molecule has 0 spiro atoms. The van der Waals surface area contributed by atoms with Crippen LogP contribution in [0.3, 0.4) is 0 Å². The van der Waals surface area contributed by atoms with Crippen LogP contribution in [0, 0.1) is 11.3 Å². The molecular weight excluding hydrogens is 506 g/mol. The molecule has 1 amide bonds. The van der Waals surface area contributed by atoms with E-state index >= 15 is 0 Å². The smallest absolute Gasteiger partial charge is 0.267 e. The van der Waals surface area contributed by atoms with E-state index < -0.39 is 17.5 Å². The van der Waals surface area contributed by atoms with Crippen molar-refractivity contribution < 1.29 is 14.3 Å². The number of halogens is 1. The minimum atomic E-state index is -0.925. The molecule has 4 aromatic rings. The van der Waals surface area contributed by atoms with Gasteiger partial charge in [-0.1, -0.05) is 23.7 Å². The summed E-state index contributed by atoms with van der Waals surface area (Å²) in [6, 6.07) is 15.6. The second-order valence-corrected chi connectivity index (χ2v) is 8.84. The van der Waals surface area contributed by atoms with Crippen LogP contribution in [-0.2, 0) is 17.6 Å². The Bertz CT molecular complexity index is 1590. The number of carbonyl (C=O) groups is 2. The Kier molecular flexibility index (Phi) is 7.94. The van der Waals surface area contributed by atoms with E-state index in [1.165, 1.54) is 36.2 Å². The van der Waals surface area contributed by atoms with Crippen LogP contribution in [0.4, 0.5) is 0 Å². The van der Waals surface area contributed by atoms with Crippen LogP contribution in [0.2, 0.25) is 5.02 Å². The first-order chi connectivity index (χ1) is 18.3. The first-order valence-corrected chi connectivity index (χ1v) is 11.9. The van der Waals surface area contributed by atoms with Crippen LogP contribution >= 0.6 is 11.6 Å².